The Morgan fingerprint density at radius 1 is 0.458 bits per heavy atom. The van der Waals surface area contributed by atoms with E-state index in [0.717, 1.165) is 84.0 Å². The maximum Gasteiger partial charge on any atom is 0.146 e. The van der Waals surface area contributed by atoms with Crippen molar-refractivity contribution in [2.45, 2.75) is 12.1 Å². The van der Waals surface area contributed by atoms with Gasteiger partial charge in [-0.1, -0.05) is 164 Å². The average molecular weight is 756 g/mol. The van der Waals surface area contributed by atoms with Gasteiger partial charge in [-0.2, -0.15) is 0 Å². The second kappa shape index (κ2) is 13.4. The van der Waals surface area contributed by atoms with Crippen LogP contribution < -0.4 is 4.90 Å². The van der Waals surface area contributed by atoms with Crippen LogP contribution in [0.3, 0.4) is 0 Å². The molecule has 278 valence electrons. The number of hydrogen-bond donors (Lipinski definition) is 0. The van der Waals surface area contributed by atoms with Crippen molar-refractivity contribution in [3.8, 4) is 39.2 Å². The molecule has 0 radical (unpaired) electrons. The number of pyridine rings is 1. The van der Waals surface area contributed by atoms with Gasteiger partial charge in [0.1, 0.15) is 11.5 Å². The number of rotatable bonds is 6. The summed E-state index contributed by atoms with van der Waals surface area (Å²) in [5, 5.41) is 2.37. The maximum absolute atomic E-state index is 5.60. The fraction of sp³-hybridized carbons (Fsp3) is 0.0370. The zero-order valence-corrected chi connectivity index (χ0v) is 32.1. The molecule has 0 fully saturated rings. The Morgan fingerprint density at radius 3 is 1.88 bits per heavy atom. The van der Waals surface area contributed by atoms with Crippen molar-refractivity contribution >= 4 is 50.0 Å². The number of hydrogen-bond acceptors (Lipinski definition) is 3. The molecule has 0 spiro atoms. The number of aliphatic imine (C=N–C) groups is 1. The highest BCUT2D eigenvalue weighted by atomic mass is 15.3. The lowest BCUT2D eigenvalue weighted by Crippen LogP contribution is -2.39. The summed E-state index contributed by atoms with van der Waals surface area (Å²) in [6.07, 6.45) is 8.72. The summed E-state index contributed by atoms with van der Waals surface area (Å²) >= 11 is 0. The molecule has 0 bridgehead atoms. The van der Waals surface area contributed by atoms with E-state index in [1.165, 1.54) is 10.8 Å². The monoisotopic (exact) mass is 755 g/mol. The Kier molecular flexibility index (Phi) is 7.60. The second-order valence-electron chi connectivity index (χ2n) is 15.4. The van der Waals surface area contributed by atoms with Gasteiger partial charge in [0.2, 0.25) is 0 Å². The normalized spacial score (nSPS) is 16.1. The summed E-state index contributed by atoms with van der Waals surface area (Å²) in [6.45, 7) is 0. The van der Waals surface area contributed by atoms with Crippen LogP contribution in [0.2, 0.25) is 0 Å². The smallest absolute Gasteiger partial charge is 0.146 e. The van der Waals surface area contributed by atoms with E-state index in [-0.39, 0.29) is 12.1 Å². The second-order valence-corrected chi connectivity index (χ2v) is 15.4. The molecule has 0 saturated heterocycles. The molecule has 59 heavy (non-hydrogen) atoms. The molecule has 0 amide bonds. The number of allylic oxidation sites excluding steroid dienone is 2. The third kappa shape index (κ3) is 5.32. The Hall–Kier alpha value is -7.76. The average Bonchev–Trinajstić information content (AvgIpc) is 3.99. The van der Waals surface area contributed by atoms with Gasteiger partial charge >= 0.3 is 0 Å². The molecule has 7 aromatic carbocycles. The van der Waals surface area contributed by atoms with Crippen molar-refractivity contribution < 1.29 is 0 Å². The van der Waals surface area contributed by atoms with Crippen LogP contribution in [-0.4, -0.2) is 31.9 Å². The van der Waals surface area contributed by atoms with Gasteiger partial charge in [-0.05, 0) is 70.8 Å². The van der Waals surface area contributed by atoms with E-state index in [0.29, 0.717) is 0 Å². The van der Waals surface area contributed by atoms with Gasteiger partial charge in [0.05, 0.1) is 39.8 Å². The predicted molar refractivity (Wildman–Crippen MR) is 245 cm³/mol. The third-order valence-corrected chi connectivity index (χ3v) is 12.0. The molecule has 3 aromatic heterocycles. The molecular formula is C54H37N5. The summed E-state index contributed by atoms with van der Waals surface area (Å²) in [5.41, 5.74) is 15.3. The first-order valence-electron chi connectivity index (χ1n) is 20.2. The molecule has 4 heterocycles. The topological polar surface area (TPSA) is 37.8 Å². The van der Waals surface area contributed by atoms with Crippen molar-refractivity contribution in [2.75, 3.05) is 4.90 Å². The summed E-state index contributed by atoms with van der Waals surface area (Å²) in [4.78, 5) is 13.3. The van der Waals surface area contributed by atoms with Crippen molar-refractivity contribution in [1.29, 1.82) is 0 Å². The summed E-state index contributed by atoms with van der Waals surface area (Å²) in [7, 11) is 0. The van der Waals surface area contributed by atoms with Crippen LogP contribution in [0.25, 0.3) is 77.7 Å². The fourth-order valence-corrected chi connectivity index (χ4v) is 9.35. The van der Waals surface area contributed by atoms with Crippen molar-refractivity contribution in [1.82, 2.24) is 14.0 Å². The van der Waals surface area contributed by atoms with Crippen LogP contribution in [-0.2, 0) is 0 Å². The van der Waals surface area contributed by atoms with Crippen LogP contribution in [0.5, 0.6) is 0 Å². The van der Waals surface area contributed by atoms with Crippen molar-refractivity contribution in [3.05, 3.63) is 218 Å². The van der Waals surface area contributed by atoms with E-state index in [1.807, 2.05) is 0 Å². The van der Waals surface area contributed by atoms with Crippen LogP contribution in [0.1, 0.15) is 5.56 Å². The van der Waals surface area contributed by atoms with Crippen LogP contribution in [0.4, 0.5) is 5.69 Å². The van der Waals surface area contributed by atoms with E-state index >= 15 is 0 Å². The number of fused-ring (bicyclic) bond motifs is 7. The Labute approximate surface area is 341 Å². The third-order valence-electron chi connectivity index (χ3n) is 12.0. The number of imidazole rings is 1. The van der Waals surface area contributed by atoms with Crippen LogP contribution in [0.15, 0.2) is 217 Å². The first kappa shape index (κ1) is 33.4. The molecule has 2 atom stereocenters. The highest BCUT2D eigenvalue weighted by Crippen LogP contribution is 2.43. The minimum atomic E-state index is 0.0550. The molecular weight excluding hydrogens is 719 g/mol. The lowest BCUT2D eigenvalue weighted by molar-refractivity contribution is 0.739. The summed E-state index contributed by atoms with van der Waals surface area (Å²) in [6, 6.07) is 67.6. The van der Waals surface area contributed by atoms with Crippen LogP contribution in [0, 0.1) is 0 Å². The number of anilines is 1. The largest absolute Gasteiger partial charge is 0.317 e. The van der Waals surface area contributed by atoms with Gasteiger partial charge in [-0.3, -0.25) is 9.39 Å². The minimum absolute atomic E-state index is 0.0550. The van der Waals surface area contributed by atoms with Crippen molar-refractivity contribution in [2.24, 2.45) is 4.99 Å². The highest BCUT2D eigenvalue weighted by molar-refractivity contribution is 6.15. The lowest BCUT2D eigenvalue weighted by Gasteiger charge is -2.29. The zero-order valence-electron chi connectivity index (χ0n) is 32.1. The first-order chi connectivity index (χ1) is 29.3. The predicted octanol–water partition coefficient (Wildman–Crippen LogP) is 12.7. The van der Waals surface area contributed by atoms with Gasteiger partial charge < -0.3 is 9.47 Å². The van der Waals surface area contributed by atoms with Gasteiger partial charge in [-0.25, -0.2) is 4.98 Å². The fourth-order valence-electron chi connectivity index (χ4n) is 9.35. The van der Waals surface area contributed by atoms with E-state index in [1.54, 1.807) is 0 Å². The summed E-state index contributed by atoms with van der Waals surface area (Å²) < 4.78 is 4.78. The summed E-state index contributed by atoms with van der Waals surface area (Å²) in [5.74, 6) is 0.976. The zero-order chi connectivity index (χ0) is 38.9. The van der Waals surface area contributed by atoms with Gasteiger partial charge in [0.15, 0.2) is 0 Å². The van der Waals surface area contributed by atoms with Crippen LogP contribution >= 0.6 is 0 Å². The Morgan fingerprint density at radius 2 is 1.10 bits per heavy atom. The van der Waals surface area contributed by atoms with E-state index in [9.17, 15) is 0 Å². The minimum Gasteiger partial charge on any atom is -0.317 e. The van der Waals surface area contributed by atoms with E-state index in [4.69, 9.17) is 9.98 Å². The Bertz CT molecular complexity index is 3320. The standard InChI is InChI=1S/C54H37N5/c1-5-18-36(19-6-1)43-33-49(37-20-7-2-8-21-37)59-51-34-44-42-28-13-15-30-47(42)57(50(44)35-46(51)56-54(59)52(43)38-22-9-3-10-23-38)41-27-17-24-39(32-41)53-55-45-29-14-16-31-48(45)58(53)40-25-11-4-12-26-40/h1-35,45,48H. The quantitative estimate of drug-likeness (QED) is 0.169. The highest BCUT2D eigenvalue weighted by Gasteiger charge is 2.36. The number of para-hydroxylation sites is 2. The molecule has 1 aliphatic heterocycles. The van der Waals surface area contributed by atoms with Gasteiger partial charge in [0, 0.05) is 33.3 Å². The molecule has 10 aromatic rings. The van der Waals surface area contributed by atoms with E-state index < -0.39 is 0 Å². The number of amidine groups is 1. The maximum atomic E-state index is 5.60. The molecule has 1 aliphatic carbocycles. The van der Waals surface area contributed by atoms with Gasteiger partial charge in [-0.15, -0.1) is 0 Å². The number of benzene rings is 7. The van der Waals surface area contributed by atoms with Crippen molar-refractivity contribution in [3.63, 3.8) is 0 Å². The Balaban J connectivity index is 1.12. The molecule has 5 nitrogen and oxygen atoms in total. The van der Waals surface area contributed by atoms with E-state index in [2.05, 4.69) is 226 Å². The molecule has 2 unspecified atom stereocenters. The molecule has 2 aliphatic rings. The van der Waals surface area contributed by atoms with Gasteiger partial charge in [0.25, 0.3) is 0 Å². The molecule has 0 N–H and O–H groups in total. The first-order valence-corrected chi connectivity index (χ1v) is 20.2. The molecule has 0 saturated carbocycles. The molecule has 5 heteroatoms. The molecule has 12 rings (SSSR count). The number of aromatic nitrogens is 3. The lowest BCUT2D eigenvalue weighted by atomic mass is 9.93. The number of nitrogens with zero attached hydrogens (tertiary/aromatic N) is 5. The SMILES string of the molecule is C1=CC2N=C(c3cccc(-n4c5ccccc5c5cc6c(cc54)nc4c(-c5ccccc5)c(-c5ccccc5)cc(-c5ccccc5)n46)c3)N(c3ccccc3)C2C=C1.